The molecule has 72 valence electrons. The molecule has 0 N–H and O–H groups in total. The lowest BCUT2D eigenvalue weighted by Gasteiger charge is -2.29. The van der Waals surface area contributed by atoms with Gasteiger partial charge >= 0.3 is 0 Å². The predicted octanol–water partition coefficient (Wildman–Crippen LogP) is 3.24. The van der Waals surface area contributed by atoms with Crippen LogP contribution < -0.4 is 0 Å². The zero-order chi connectivity index (χ0) is 9.73. The summed E-state index contributed by atoms with van der Waals surface area (Å²) in [6, 6.07) is 0. The van der Waals surface area contributed by atoms with Crippen LogP contribution >= 0.6 is 0 Å². The van der Waals surface area contributed by atoms with Crippen LogP contribution in [-0.4, -0.2) is 12.2 Å². The van der Waals surface area contributed by atoms with E-state index in [1.54, 1.807) is 6.08 Å². The lowest BCUT2D eigenvalue weighted by Crippen LogP contribution is -2.29. The minimum Gasteiger partial charge on any atom is -0.370 e. The molecule has 0 spiro atoms. The van der Waals surface area contributed by atoms with Crippen molar-refractivity contribution < 1.29 is 4.74 Å². The Morgan fingerprint density at radius 1 is 1.54 bits per heavy atom. The summed E-state index contributed by atoms with van der Waals surface area (Å²) in [5, 5.41) is 0. The van der Waals surface area contributed by atoms with Gasteiger partial charge in [-0.15, -0.1) is 13.2 Å². The maximum absolute atomic E-state index is 5.81. The van der Waals surface area contributed by atoms with Crippen molar-refractivity contribution in [3.8, 4) is 0 Å². The first-order valence-electron chi connectivity index (χ1n) is 4.73. The Hall–Kier alpha value is -0.820. The molecule has 0 fully saturated rings. The van der Waals surface area contributed by atoms with Crippen LogP contribution in [0.1, 0.15) is 26.2 Å². The van der Waals surface area contributed by atoms with Crippen molar-refractivity contribution in [2.75, 3.05) is 6.61 Å². The van der Waals surface area contributed by atoms with E-state index < -0.39 is 0 Å². The molecule has 0 unspecified atom stereocenters. The van der Waals surface area contributed by atoms with Gasteiger partial charge in [0.2, 0.25) is 0 Å². The second-order valence-electron chi connectivity index (χ2n) is 3.80. The van der Waals surface area contributed by atoms with Gasteiger partial charge in [-0.2, -0.15) is 0 Å². The summed E-state index contributed by atoms with van der Waals surface area (Å²) in [5.41, 5.74) is 1.17. The molecule has 0 radical (unpaired) electrons. The van der Waals surface area contributed by atoms with Gasteiger partial charge in [-0.25, -0.2) is 0 Å². The van der Waals surface area contributed by atoms with Crippen molar-refractivity contribution in [2.45, 2.75) is 31.8 Å². The Morgan fingerprint density at radius 2 is 2.15 bits per heavy atom. The van der Waals surface area contributed by atoms with E-state index in [9.17, 15) is 0 Å². The van der Waals surface area contributed by atoms with Gasteiger partial charge < -0.3 is 4.74 Å². The third kappa shape index (κ3) is 2.85. The average Bonchev–Trinajstić information content (AvgIpc) is 2.49. The highest BCUT2D eigenvalue weighted by molar-refractivity contribution is 5.10. The summed E-state index contributed by atoms with van der Waals surface area (Å²) in [4.78, 5) is 0. The normalized spacial score (nSPS) is 18.8. The summed E-state index contributed by atoms with van der Waals surface area (Å²) in [6.07, 6.45) is 9.14. The Balaban J connectivity index is 2.53. The molecule has 0 amide bonds. The molecule has 0 aromatic rings. The fourth-order valence-electron chi connectivity index (χ4n) is 1.78. The molecular weight excluding hydrogens is 160 g/mol. The zero-order valence-corrected chi connectivity index (χ0v) is 8.38. The van der Waals surface area contributed by atoms with Crippen LogP contribution in [0.3, 0.4) is 0 Å². The number of hydrogen-bond donors (Lipinski definition) is 0. The van der Waals surface area contributed by atoms with E-state index >= 15 is 0 Å². The van der Waals surface area contributed by atoms with Gasteiger partial charge in [-0.3, -0.25) is 0 Å². The molecule has 13 heavy (non-hydrogen) atoms. The first-order valence-corrected chi connectivity index (χ1v) is 4.73. The van der Waals surface area contributed by atoms with E-state index in [0.717, 1.165) is 19.3 Å². The molecule has 0 heterocycles. The molecule has 0 aliphatic heterocycles. The third-order valence-electron chi connectivity index (χ3n) is 2.28. The Kier molecular flexibility index (Phi) is 3.49. The van der Waals surface area contributed by atoms with Gasteiger partial charge in [0.05, 0.1) is 12.2 Å². The first kappa shape index (κ1) is 10.3. The molecule has 0 bridgehead atoms. The minimum atomic E-state index is -0.0139. The minimum absolute atomic E-state index is 0.0139. The fraction of sp³-hybridized carbons (Fsp3) is 0.500. The summed E-state index contributed by atoms with van der Waals surface area (Å²) in [6.45, 7) is 10.3. The fourth-order valence-corrected chi connectivity index (χ4v) is 1.78. The SMILES string of the molecule is C=CCOC1(CC(=C)C)CC=CC1. The molecule has 0 saturated carbocycles. The van der Waals surface area contributed by atoms with Crippen molar-refractivity contribution in [2.24, 2.45) is 0 Å². The Morgan fingerprint density at radius 3 is 2.62 bits per heavy atom. The maximum atomic E-state index is 5.81. The van der Waals surface area contributed by atoms with E-state index in [2.05, 4.69) is 32.2 Å². The highest BCUT2D eigenvalue weighted by atomic mass is 16.5. The Bertz CT molecular complexity index is 217. The molecule has 0 atom stereocenters. The van der Waals surface area contributed by atoms with E-state index in [1.165, 1.54) is 5.57 Å². The monoisotopic (exact) mass is 178 g/mol. The van der Waals surface area contributed by atoms with Crippen LogP contribution in [0.15, 0.2) is 37.0 Å². The summed E-state index contributed by atoms with van der Waals surface area (Å²) in [7, 11) is 0. The van der Waals surface area contributed by atoms with Crippen LogP contribution in [0, 0.1) is 0 Å². The lowest BCUT2D eigenvalue weighted by molar-refractivity contribution is -0.0203. The number of ether oxygens (including phenoxy) is 1. The standard InChI is InChI=1S/C12H18O/c1-4-9-13-12(10-11(2)3)7-5-6-8-12/h4-6H,1-2,7-10H2,3H3. The van der Waals surface area contributed by atoms with Crippen LogP contribution in [0.25, 0.3) is 0 Å². The van der Waals surface area contributed by atoms with Gasteiger partial charge in [0.15, 0.2) is 0 Å². The summed E-state index contributed by atoms with van der Waals surface area (Å²) in [5.74, 6) is 0. The number of hydrogen-bond acceptors (Lipinski definition) is 1. The molecule has 0 aromatic carbocycles. The molecule has 1 aliphatic carbocycles. The van der Waals surface area contributed by atoms with Crippen molar-refractivity contribution >= 4 is 0 Å². The van der Waals surface area contributed by atoms with Gasteiger partial charge in [0.25, 0.3) is 0 Å². The second-order valence-corrected chi connectivity index (χ2v) is 3.80. The van der Waals surface area contributed by atoms with E-state index in [1.807, 2.05) is 0 Å². The molecule has 0 saturated heterocycles. The molecule has 1 nitrogen and oxygen atoms in total. The van der Waals surface area contributed by atoms with Crippen molar-refractivity contribution in [1.29, 1.82) is 0 Å². The van der Waals surface area contributed by atoms with Crippen LogP contribution in [0.5, 0.6) is 0 Å². The summed E-state index contributed by atoms with van der Waals surface area (Å²) < 4.78 is 5.81. The van der Waals surface area contributed by atoms with E-state index in [0.29, 0.717) is 6.61 Å². The van der Waals surface area contributed by atoms with Crippen LogP contribution in [0.2, 0.25) is 0 Å². The van der Waals surface area contributed by atoms with E-state index in [-0.39, 0.29) is 5.60 Å². The Labute approximate surface area is 80.8 Å². The van der Waals surface area contributed by atoms with Gasteiger partial charge in [-0.05, 0) is 26.2 Å². The molecule has 1 aliphatic rings. The highest BCUT2D eigenvalue weighted by Crippen LogP contribution is 2.33. The predicted molar refractivity (Wildman–Crippen MR) is 56.7 cm³/mol. The maximum Gasteiger partial charge on any atom is 0.0791 e. The van der Waals surface area contributed by atoms with Crippen LogP contribution in [0.4, 0.5) is 0 Å². The molecule has 1 heteroatoms. The highest BCUT2D eigenvalue weighted by Gasteiger charge is 2.31. The van der Waals surface area contributed by atoms with Gasteiger partial charge in [0.1, 0.15) is 0 Å². The quantitative estimate of drug-likeness (QED) is 0.587. The third-order valence-corrected chi connectivity index (χ3v) is 2.28. The lowest BCUT2D eigenvalue weighted by atomic mass is 9.93. The first-order chi connectivity index (χ1) is 6.18. The summed E-state index contributed by atoms with van der Waals surface area (Å²) >= 11 is 0. The van der Waals surface area contributed by atoms with Crippen molar-refractivity contribution in [3.63, 3.8) is 0 Å². The molecule has 0 aromatic heterocycles. The molecular formula is C12H18O. The van der Waals surface area contributed by atoms with Crippen molar-refractivity contribution in [3.05, 3.63) is 37.0 Å². The van der Waals surface area contributed by atoms with Gasteiger partial charge in [0, 0.05) is 0 Å². The molecule has 1 rings (SSSR count). The van der Waals surface area contributed by atoms with Crippen LogP contribution in [-0.2, 0) is 4.74 Å². The second kappa shape index (κ2) is 4.43. The topological polar surface area (TPSA) is 9.23 Å². The smallest absolute Gasteiger partial charge is 0.0791 e. The van der Waals surface area contributed by atoms with Gasteiger partial charge in [-0.1, -0.05) is 23.8 Å². The zero-order valence-electron chi connectivity index (χ0n) is 8.38. The largest absolute Gasteiger partial charge is 0.370 e. The average molecular weight is 178 g/mol. The number of rotatable bonds is 5. The van der Waals surface area contributed by atoms with Crippen molar-refractivity contribution in [1.82, 2.24) is 0 Å². The van der Waals surface area contributed by atoms with E-state index in [4.69, 9.17) is 4.74 Å².